The van der Waals surface area contributed by atoms with Crippen LogP contribution in [0.2, 0.25) is 0 Å². The van der Waals surface area contributed by atoms with Crippen LogP contribution < -0.4 is 0 Å². The Kier molecular flexibility index (Phi) is 7.36. The quantitative estimate of drug-likeness (QED) is 0.154. The molecule has 0 amide bonds. The third-order valence-corrected chi connectivity index (χ3v) is 6.20. The molecular formula is C24H18N4O5S. The van der Waals surface area contributed by atoms with Gasteiger partial charge in [0.1, 0.15) is 17.0 Å². The summed E-state index contributed by atoms with van der Waals surface area (Å²) >= 11 is 1.00. The summed E-state index contributed by atoms with van der Waals surface area (Å²) in [4.78, 5) is 36.3. The van der Waals surface area contributed by atoms with Crippen molar-refractivity contribution in [2.24, 2.45) is 0 Å². The molecule has 170 valence electrons. The average molecular weight is 474 g/mol. The van der Waals surface area contributed by atoms with E-state index in [1.807, 2.05) is 12.1 Å². The van der Waals surface area contributed by atoms with Crippen LogP contribution in [-0.4, -0.2) is 27.8 Å². The molecule has 0 aliphatic carbocycles. The second kappa shape index (κ2) is 10.4. The van der Waals surface area contributed by atoms with E-state index in [1.165, 1.54) is 18.2 Å². The molecule has 10 heteroatoms. The second-order valence-electron chi connectivity index (χ2n) is 7.04. The lowest BCUT2D eigenvalue weighted by Gasteiger charge is -2.07. The van der Waals surface area contributed by atoms with Crippen LogP contribution in [0.25, 0.3) is 11.8 Å². The van der Waals surface area contributed by atoms with Crippen molar-refractivity contribution in [1.82, 2.24) is 4.57 Å². The zero-order valence-electron chi connectivity index (χ0n) is 18.3. The molecule has 3 aromatic rings. The lowest BCUT2D eigenvalue weighted by atomic mass is 10.0. The normalized spacial score (nSPS) is 10.9. The summed E-state index contributed by atoms with van der Waals surface area (Å²) in [7, 11) is 0. The van der Waals surface area contributed by atoms with Crippen LogP contribution in [0.5, 0.6) is 0 Å². The number of ketones is 1. The molecule has 0 atom stereocenters. The third kappa shape index (κ3) is 4.93. The number of nitriles is 2. The number of carbonyl (C=O) groups excluding carboxylic acids is 2. The minimum absolute atomic E-state index is 0.0905. The second-order valence-corrected chi connectivity index (χ2v) is 8.14. The van der Waals surface area contributed by atoms with E-state index in [9.17, 15) is 30.2 Å². The third-order valence-electron chi connectivity index (χ3n) is 4.93. The van der Waals surface area contributed by atoms with Crippen LogP contribution in [0, 0.1) is 39.7 Å². The fourth-order valence-corrected chi connectivity index (χ4v) is 4.45. The van der Waals surface area contributed by atoms with Gasteiger partial charge in [0.05, 0.1) is 28.4 Å². The molecule has 2 heterocycles. The number of aromatic nitrogens is 1. The Labute approximate surface area is 198 Å². The van der Waals surface area contributed by atoms with Crippen molar-refractivity contribution in [3.05, 3.63) is 84.9 Å². The largest absolute Gasteiger partial charge is 0.462 e. The van der Waals surface area contributed by atoms with Crippen LogP contribution in [-0.2, 0) is 16.0 Å². The van der Waals surface area contributed by atoms with Crippen molar-refractivity contribution in [2.75, 3.05) is 6.61 Å². The van der Waals surface area contributed by atoms with Gasteiger partial charge in [-0.3, -0.25) is 14.9 Å². The zero-order valence-corrected chi connectivity index (χ0v) is 19.1. The summed E-state index contributed by atoms with van der Waals surface area (Å²) in [6, 6.07) is 13.2. The summed E-state index contributed by atoms with van der Waals surface area (Å²) in [6.07, 6.45) is 2.82. The number of benzene rings is 1. The van der Waals surface area contributed by atoms with Gasteiger partial charge < -0.3 is 9.30 Å². The fourth-order valence-electron chi connectivity index (χ4n) is 3.30. The Bertz CT molecular complexity index is 1400. The molecule has 0 spiro atoms. The summed E-state index contributed by atoms with van der Waals surface area (Å²) in [5.74, 6) is -1.09. The SMILES string of the molecule is CCOC(=O)c1sc(CC(=O)/C(C#N)=C/c2cccn2-c2cccc([N+](=O)[O-])c2)c(C#N)c1C. The number of rotatable bonds is 8. The molecule has 34 heavy (non-hydrogen) atoms. The van der Waals surface area contributed by atoms with E-state index in [0.717, 1.165) is 11.3 Å². The van der Waals surface area contributed by atoms with Crippen LogP contribution in [0.15, 0.2) is 48.2 Å². The molecule has 1 aromatic carbocycles. The number of hydrogen-bond acceptors (Lipinski definition) is 8. The zero-order chi connectivity index (χ0) is 24.8. The molecule has 0 saturated carbocycles. The topological polar surface area (TPSA) is 139 Å². The van der Waals surface area contributed by atoms with Crippen LogP contribution >= 0.6 is 11.3 Å². The maximum atomic E-state index is 12.9. The first-order valence-electron chi connectivity index (χ1n) is 10.1. The lowest BCUT2D eigenvalue weighted by Crippen LogP contribution is -2.06. The van der Waals surface area contributed by atoms with Crippen molar-refractivity contribution in [2.45, 2.75) is 20.3 Å². The molecule has 2 aromatic heterocycles. The van der Waals surface area contributed by atoms with Gasteiger partial charge >= 0.3 is 5.97 Å². The van der Waals surface area contributed by atoms with Crippen molar-refractivity contribution >= 4 is 34.9 Å². The molecule has 0 fully saturated rings. The van der Waals surface area contributed by atoms with E-state index in [-0.39, 0.29) is 34.7 Å². The number of esters is 1. The minimum atomic E-state index is -0.564. The van der Waals surface area contributed by atoms with E-state index in [1.54, 1.807) is 48.9 Å². The number of non-ortho nitro benzene ring substituents is 1. The molecule has 9 nitrogen and oxygen atoms in total. The summed E-state index contributed by atoms with van der Waals surface area (Å²) < 4.78 is 6.63. The van der Waals surface area contributed by atoms with Gasteiger partial charge in [-0.15, -0.1) is 11.3 Å². The standard InChI is InChI=1S/C24H18N4O5S/c1-3-33-24(30)23-15(2)20(14-26)22(34-23)12-21(29)16(13-25)10-17-8-5-9-27(17)18-6-4-7-19(11-18)28(31)32/h4-11H,3,12H2,1-2H3/b16-10+. The Hall–Kier alpha value is -4.54. The van der Waals surface area contributed by atoms with Gasteiger partial charge in [0.15, 0.2) is 5.78 Å². The number of nitro groups is 1. The molecule has 0 bridgehead atoms. The van der Waals surface area contributed by atoms with Gasteiger partial charge in [-0.05, 0) is 43.7 Å². The van der Waals surface area contributed by atoms with Crippen molar-refractivity contribution in [3.8, 4) is 17.8 Å². The smallest absolute Gasteiger partial charge is 0.348 e. The first-order valence-corrected chi connectivity index (χ1v) is 10.9. The van der Waals surface area contributed by atoms with Crippen molar-refractivity contribution < 1.29 is 19.2 Å². The summed E-state index contributed by atoms with van der Waals surface area (Å²) in [5, 5.41) is 30.2. The van der Waals surface area contributed by atoms with Crippen molar-refractivity contribution in [1.29, 1.82) is 10.5 Å². The molecule has 0 aliphatic rings. The number of ether oxygens (including phenoxy) is 1. The number of nitro benzene ring substituents is 1. The van der Waals surface area contributed by atoms with Gasteiger partial charge in [0, 0.05) is 35.3 Å². The first-order chi connectivity index (χ1) is 16.3. The number of allylic oxidation sites excluding steroid dienone is 1. The highest BCUT2D eigenvalue weighted by atomic mass is 32.1. The highest BCUT2D eigenvalue weighted by molar-refractivity contribution is 7.14. The highest BCUT2D eigenvalue weighted by Crippen LogP contribution is 2.30. The molecule has 0 radical (unpaired) electrons. The molecule has 0 aliphatic heterocycles. The number of hydrogen-bond donors (Lipinski definition) is 0. The molecule has 0 unspecified atom stereocenters. The number of carbonyl (C=O) groups is 2. The minimum Gasteiger partial charge on any atom is -0.462 e. The van der Waals surface area contributed by atoms with Gasteiger partial charge in [-0.1, -0.05) is 6.07 Å². The van der Waals surface area contributed by atoms with Gasteiger partial charge in [-0.25, -0.2) is 4.79 Å². The Morgan fingerprint density at radius 2 is 2.03 bits per heavy atom. The van der Waals surface area contributed by atoms with Gasteiger partial charge in [-0.2, -0.15) is 10.5 Å². The van der Waals surface area contributed by atoms with E-state index in [4.69, 9.17) is 4.74 Å². The highest BCUT2D eigenvalue weighted by Gasteiger charge is 2.23. The monoisotopic (exact) mass is 474 g/mol. The van der Waals surface area contributed by atoms with Gasteiger partial charge in [0.2, 0.25) is 0 Å². The number of nitrogens with zero attached hydrogens (tertiary/aromatic N) is 4. The molecular weight excluding hydrogens is 456 g/mol. The fraction of sp³-hybridized carbons (Fsp3) is 0.167. The Balaban J connectivity index is 1.93. The first kappa shape index (κ1) is 24.1. The predicted molar refractivity (Wildman–Crippen MR) is 124 cm³/mol. The maximum Gasteiger partial charge on any atom is 0.348 e. The van der Waals surface area contributed by atoms with E-state index >= 15 is 0 Å². The predicted octanol–water partition coefficient (Wildman–Crippen LogP) is 4.52. The molecule has 0 saturated heterocycles. The summed E-state index contributed by atoms with van der Waals surface area (Å²) in [5.41, 5.74) is 1.38. The van der Waals surface area contributed by atoms with Crippen LogP contribution in [0.1, 0.15) is 38.3 Å². The van der Waals surface area contributed by atoms with Crippen LogP contribution in [0.4, 0.5) is 5.69 Å². The van der Waals surface area contributed by atoms with E-state index in [2.05, 4.69) is 0 Å². The number of Topliss-reactive ketones (excluding diaryl/α,β-unsaturated/α-hetero) is 1. The molecule has 0 N–H and O–H groups in total. The Morgan fingerprint density at radius 1 is 1.26 bits per heavy atom. The van der Waals surface area contributed by atoms with Crippen LogP contribution in [0.3, 0.4) is 0 Å². The Morgan fingerprint density at radius 3 is 2.68 bits per heavy atom. The molecule has 3 rings (SSSR count). The maximum absolute atomic E-state index is 12.9. The lowest BCUT2D eigenvalue weighted by molar-refractivity contribution is -0.384. The van der Waals surface area contributed by atoms with E-state index < -0.39 is 16.7 Å². The number of thiophene rings is 1. The average Bonchev–Trinajstić information content (AvgIpc) is 3.41. The van der Waals surface area contributed by atoms with E-state index in [0.29, 0.717) is 21.8 Å². The van der Waals surface area contributed by atoms with Crippen molar-refractivity contribution in [3.63, 3.8) is 0 Å². The summed E-state index contributed by atoms with van der Waals surface area (Å²) in [6.45, 7) is 3.46. The van der Waals surface area contributed by atoms with Gasteiger partial charge in [0.25, 0.3) is 5.69 Å².